The quantitative estimate of drug-likeness (QED) is 0.552. The zero-order chi connectivity index (χ0) is 24.5. The molecular formula is C26H33N3O5. The van der Waals surface area contributed by atoms with E-state index in [0.717, 1.165) is 5.56 Å². The normalized spacial score (nSPS) is 14.9. The number of rotatable bonds is 9. The first-order valence-corrected chi connectivity index (χ1v) is 11.5. The topological polar surface area (TPSA) is 97.0 Å². The molecule has 0 bridgehead atoms. The molecule has 1 fully saturated rings. The lowest BCUT2D eigenvalue weighted by atomic mass is 9.88. The van der Waals surface area contributed by atoms with Crippen molar-refractivity contribution in [1.82, 2.24) is 15.5 Å². The van der Waals surface area contributed by atoms with Crippen LogP contribution in [0.15, 0.2) is 48.5 Å². The molecule has 1 aliphatic heterocycles. The Morgan fingerprint density at radius 1 is 1.03 bits per heavy atom. The molecule has 8 heteroatoms. The van der Waals surface area contributed by atoms with Crippen LogP contribution in [0.3, 0.4) is 0 Å². The van der Waals surface area contributed by atoms with E-state index < -0.39 is 6.04 Å². The highest BCUT2D eigenvalue weighted by Crippen LogP contribution is 2.24. The number of nitrogens with one attached hydrogen (secondary N) is 2. The molecule has 3 rings (SSSR count). The predicted molar refractivity (Wildman–Crippen MR) is 129 cm³/mol. The van der Waals surface area contributed by atoms with Gasteiger partial charge in [-0.15, -0.1) is 0 Å². The Balaban J connectivity index is 1.67. The zero-order valence-corrected chi connectivity index (χ0v) is 20.0. The number of ether oxygens (including phenoxy) is 2. The third-order valence-electron chi connectivity index (χ3n) is 6.20. The summed E-state index contributed by atoms with van der Waals surface area (Å²) in [5.41, 5.74) is 1.99. The average Bonchev–Trinajstić information content (AvgIpc) is 2.87. The molecule has 2 aromatic rings. The number of hydrogen-bond acceptors (Lipinski definition) is 5. The molecule has 34 heavy (non-hydrogen) atoms. The van der Waals surface area contributed by atoms with Crippen LogP contribution in [0.1, 0.15) is 39.1 Å². The first kappa shape index (κ1) is 25.2. The van der Waals surface area contributed by atoms with Gasteiger partial charge in [0.1, 0.15) is 11.8 Å². The highest BCUT2D eigenvalue weighted by molar-refractivity contribution is 5.98. The van der Waals surface area contributed by atoms with Gasteiger partial charge in [0.05, 0.1) is 13.7 Å². The van der Waals surface area contributed by atoms with Crippen LogP contribution in [-0.4, -0.2) is 69.1 Å². The third kappa shape index (κ3) is 6.35. The van der Waals surface area contributed by atoms with Crippen LogP contribution in [0, 0.1) is 12.8 Å². The molecule has 0 aliphatic carbocycles. The van der Waals surface area contributed by atoms with Crippen LogP contribution < -0.4 is 15.4 Å². The van der Waals surface area contributed by atoms with E-state index in [1.165, 1.54) is 0 Å². The summed E-state index contributed by atoms with van der Waals surface area (Å²) in [7, 11) is 3.15. The monoisotopic (exact) mass is 467 g/mol. The van der Waals surface area contributed by atoms with Gasteiger partial charge in [-0.2, -0.15) is 0 Å². The standard InChI is InChI=1S/C26H33N3O5/c1-18-6-4-5-7-22(18)24(30)28-23(25(31)27-14-17-33-2)19-12-15-29(16-13-19)26(32)20-8-10-21(34-3)11-9-20/h4-11,19,23H,12-17H2,1-3H3,(H,27,31)(H,28,30). The molecule has 2 N–H and O–H groups in total. The van der Waals surface area contributed by atoms with Gasteiger partial charge < -0.3 is 25.0 Å². The van der Waals surface area contributed by atoms with Crippen molar-refractivity contribution in [2.75, 3.05) is 40.5 Å². The van der Waals surface area contributed by atoms with Crippen molar-refractivity contribution < 1.29 is 23.9 Å². The number of carbonyl (C=O) groups is 3. The van der Waals surface area contributed by atoms with Gasteiger partial charge in [-0.3, -0.25) is 14.4 Å². The fourth-order valence-corrected chi connectivity index (χ4v) is 4.18. The summed E-state index contributed by atoms with van der Waals surface area (Å²) < 4.78 is 10.2. The number of piperidine rings is 1. The highest BCUT2D eigenvalue weighted by Gasteiger charge is 2.34. The third-order valence-corrected chi connectivity index (χ3v) is 6.20. The van der Waals surface area contributed by atoms with E-state index in [9.17, 15) is 14.4 Å². The van der Waals surface area contributed by atoms with Crippen LogP contribution in [0.4, 0.5) is 0 Å². The Bertz CT molecular complexity index is 984. The lowest BCUT2D eigenvalue weighted by Gasteiger charge is -2.36. The van der Waals surface area contributed by atoms with Crippen molar-refractivity contribution in [3.05, 3.63) is 65.2 Å². The number of benzene rings is 2. The van der Waals surface area contributed by atoms with E-state index in [1.54, 1.807) is 55.5 Å². The molecule has 1 saturated heterocycles. The molecule has 1 unspecified atom stereocenters. The Labute approximate surface area is 200 Å². The number of aryl methyl sites for hydroxylation is 1. The number of likely N-dealkylation sites (tertiary alicyclic amines) is 1. The maximum absolute atomic E-state index is 13.0. The first-order chi connectivity index (χ1) is 16.4. The number of methoxy groups -OCH3 is 2. The Morgan fingerprint density at radius 3 is 2.32 bits per heavy atom. The maximum Gasteiger partial charge on any atom is 0.253 e. The molecule has 0 spiro atoms. The Morgan fingerprint density at radius 2 is 1.71 bits per heavy atom. The minimum Gasteiger partial charge on any atom is -0.497 e. The van der Waals surface area contributed by atoms with Crippen molar-refractivity contribution in [1.29, 1.82) is 0 Å². The summed E-state index contributed by atoms with van der Waals surface area (Å²) >= 11 is 0. The van der Waals surface area contributed by atoms with Gasteiger partial charge in [0.2, 0.25) is 5.91 Å². The van der Waals surface area contributed by atoms with Crippen molar-refractivity contribution in [2.45, 2.75) is 25.8 Å². The fraction of sp³-hybridized carbons (Fsp3) is 0.423. The summed E-state index contributed by atoms with van der Waals surface area (Å²) in [6, 6.07) is 13.6. The molecule has 3 amide bonds. The van der Waals surface area contributed by atoms with Gasteiger partial charge in [-0.1, -0.05) is 18.2 Å². The van der Waals surface area contributed by atoms with Gasteiger partial charge in [0.15, 0.2) is 0 Å². The molecule has 2 aromatic carbocycles. The molecule has 1 aliphatic rings. The summed E-state index contributed by atoms with van der Waals surface area (Å²) in [5.74, 6) is 0.0456. The molecular weight excluding hydrogens is 434 g/mol. The largest absolute Gasteiger partial charge is 0.497 e. The fourth-order valence-electron chi connectivity index (χ4n) is 4.18. The SMILES string of the molecule is COCCNC(=O)C(NC(=O)c1ccccc1C)C1CCN(C(=O)c2ccc(OC)cc2)CC1. The molecule has 0 saturated carbocycles. The number of amides is 3. The van der Waals surface area contributed by atoms with Crippen molar-refractivity contribution in [3.8, 4) is 5.75 Å². The summed E-state index contributed by atoms with van der Waals surface area (Å²) in [4.78, 5) is 40.7. The van der Waals surface area contributed by atoms with E-state index in [4.69, 9.17) is 9.47 Å². The first-order valence-electron chi connectivity index (χ1n) is 11.5. The van der Waals surface area contributed by atoms with Gasteiger partial charge in [0, 0.05) is 37.9 Å². The van der Waals surface area contributed by atoms with Crippen LogP contribution in [-0.2, 0) is 9.53 Å². The minimum atomic E-state index is -0.692. The van der Waals surface area contributed by atoms with Crippen molar-refractivity contribution in [2.24, 2.45) is 5.92 Å². The Hall–Kier alpha value is -3.39. The molecule has 8 nitrogen and oxygen atoms in total. The highest BCUT2D eigenvalue weighted by atomic mass is 16.5. The lowest BCUT2D eigenvalue weighted by Crippen LogP contribution is -2.54. The van der Waals surface area contributed by atoms with E-state index in [1.807, 2.05) is 19.1 Å². The second kappa shape index (κ2) is 12.2. The maximum atomic E-state index is 13.0. The van der Waals surface area contributed by atoms with Crippen LogP contribution in [0.2, 0.25) is 0 Å². The number of carbonyl (C=O) groups excluding carboxylic acids is 3. The van der Waals surface area contributed by atoms with E-state index in [0.29, 0.717) is 56.0 Å². The molecule has 0 aromatic heterocycles. The summed E-state index contributed by atoms with van der Waals surface area (Å²) in [6.07, 6.45) is 1.22. The van der Waals surface area contributed by atoms with Crippen molar-refractivity contribution >= 4 is 17.7 Å². The summed E-state index contributed by atoms with van der Waals surface area (Å²) in [6.45, 7) is 3.64. The average molecular weight is 468 g/mol. The van der Waals surface area contributed by atoms with Crippen LogP contribution >= 0.6 is 0 Å². The van der Waals surface area contributed by atoms with E-state index in [2.05, 4.69) is 10.6 Å². The second-order valence-corrected chi connectivity index (χ2v) is 8.41. The van der Waals surface area contributed by atoms with Gasteiger partial charge in [-0.25, -0.2) is 0 Å². The van der Waals surface area contributed by atoms with Crippen LogP contribution in [0.25, 0.3) is 0 Å². The van der Waals surface area contributed by atoms with Crippen LogP contribution in [0.5, 0.6) is 5.75 Å². The predicted octanol–water partition coefficient (Wildman–Crippen LogP) is 2.42. The summed E-state index contributed by atoms with van der Waals surface area (Å²) in [5, 5.41) is 5.80. The van der Waals surface area contributed by atoms with E-state index in [-0.39, 0.29) is 23.6 Å². The van der Waals surface area contributed by atoms with Gasteiger partial charge in [-0.05, 0) is 61.6 Å². The molecule has 0 radical (unpaired) electrons. The molecule has 1 heterocycles. The van der Waals surface area contributed by atoms with E-state index >= 15 is 0 Å². The smallest absolute Gasteiger partial charge is 0.253 e. The number of hydrogen-bond donors (Lipinski definition) is 2. The second-order valence-electron chi connectivity index (χ2n) is 8.41. The van der Waals surface area contributed by atoms with Gasteiger partial charge in [0.25, 0.3) is 11.8 Å². The molecule has 1 atom stereocenters. The number of nitrogens with zero attached hydrogens (tertiary/aromatic N) is 1. The lowest BCUT2D eigenvalue weighted by molar-refractivity contribution is -0.124. The molecule has 182 valence electrons. The van der Waals surface area contributed by atoms with Crippen molar-refractivity contribution in [3.63, 3.8) is 0 Å². The minimum absolute atomic E-state index is 0.0499. The Kier molecular flexibility index (Phi) is 9.04. The van der Waals surface area contributed by atoms with Gasteiger partial charge >= 0.3 is 0 Å². The zero-order valence-electron chi connectivity index (χ0n) is 20.0.